The maximum absolute atomic E-state index is 13.6. The molecule has 0 aromatic heterocycles. The molecule has 0 fully saturated rings. The van der Waals surface area contributed by atoms with E-state index in [9.17, 15) is 14.4 Å². The number of rotatable bonds is 40. The Hall–Kier alpha value is -1.54. The number of carbonyl (C=O) groups is 3. The second kappa shape index (κ2) is 40.1. The van der Waals surface area contributed by atoms with Gasteiger partial charge in [0.2, 0.25) is 11.8 Å². The molecule has 0 heterocycles. The van der Waals surface area contributed by atoms with Crippen LogP contribution in [0.3, 0.4) is 0 Å². The van der Waals surface area contributed by atoms with Gasteiger partial charge < -0.3 is 20.3 Å². The van der Waals surface area contributed by atoms with E-state index in [0.29, 0.717) is 37.5 Å². The summed E-state index contributed by atoms with van der Waals surface area (Å²) in [4.78, 5) is 41.2. The highest BCUT2D eigenvalue weighted by Gasteiger charge is 2.25. The molecule has 0 spiro atoms. The second-order valence-corrected chi connectivity index (χ2v) is 16.8. The van der Waals surface area contributed by atoms with E-state index in [0.717, 1.165) is 51.5 Å². The van der Waals surface area contributed by atoms with Crippen molar-refractivity contribution in [1.82, 2.24) is 15.5 Å². The molecule has 0 bridgehead atoms. The third kappa shape index (κ3) is 35.9. The molecule has 2 unspecified atom stereocenters. The summed E-state index contributed by atoms with van der Waals surface area (Å²) in [6.45, 7) is 8.52. The number of thioether (sulfide) groups is 1. The van der Waals surface area contributed by atoms with Crippen molar-refractivity contribution >= 4 is 29.5 Å². The van der Waals surface area contributed by atoms with Crippen LogP contribution in [0, 0.1) is 5.92 Å². The van der Waals surface area contributed by atoms with E-state index in [1.54, 1.807) is 11.8 Å². The minimum atomic E-state index is -0.557. The molecule has 0 rings (SSSR count). The fourth-order valence-electron chi connectivity index (χ4n) is 6.55. The van der Waals surface area contributed by atoms with Gasteiger partial charge in [0.1, 0.15) is 6.04 Å². The smallest absolute Gasteiger partial charge is 0.306 e. The number of hydrogen-bond donors (Lipinski definition) is 2. The number of likely N-dealkylation sites (N-methyl/N-ethyl adjacent to an activating group) is 1. The zero-order chi connectivity index (χ0) is 39.0. The summed E-state index contributed by atoms with van der Waals surface area (Å²) in [7, 11) is 3.97. The van der Waals surface area contributed by atoms with Crippen molar-refractivity contribution in [1.29, 1.82) is 0 Å². The zero-order valence-electron chi connectivity index (χ0n) is 35.6. The lowest BCUT2D eigenvalue weighted by molar-refractivity contribution is -0.143. The summed E-state index contributed by atoms with van der Waals surface area (Å²) in [5.74, 6) is 1.10. The van der Waals surface area contributed by atoms with Gasteiger partial charge in [0.15, 0.2) is 0 Å². The lowest BCUT2D eigenvalue weighted by Crippen LogP contribution is -2.49. The molecule has 0 aromatic carbocycles. The molecular formula is C45H87N3O4S. The van der Waals surface area contributed by atoms with Gasteiger partial charge in [-0.05, 0) is 71.2 Å². The van der Waals surface area contributed by atoms with E-state index in [2.05, 4.69) is 43.6 Å². The number of nitrogens with one attached hydrogen (secondary N) is 2. The van der Waals surface area contributed by atoms with Crippen molar-refractivity contribution in [2.24, 2.45) is 5.92 Å². The van der Waals surface area contributed by atoms with Crippen LogP contribution in [0.4, 0.5) is 0 Å². The SMILES string of the molecule is CCCCCCCC/C=C/CCCCCCCCOC(=O)CCSCCC(NC(=O)C(CCCCCC)CCCCCCCC)C(=O)NCCN(C)C. The molecule has 0 radical (unpaired) electrons. The van der Waals surface area contributed by atoms with E-state index in [-0.39, 0.29) is 23.7 Å². The first-order valence-electron chi connectivity index (χ1n) is 22.5. The van der Waals surface area contributed by atoms with Gasteiger partial charge in [-0.25, -0.2) is 0 Å². The molecule has 0 aliphatic heterocycles. The van der Waals surface area contributed by atoms with Crippen LogP contribution in [0.1, 0.15) is 201 Å². The highest BCUT2D eigenvalue weighted by atomic mass is 32.2. The predicted molar refractivity (Wildman–Crippen MR) is 231 cm³/mol. The Morgan fingerprint density at radius 1 is 0.604 bits per heavy atom. The molecule has 0 aromatic rings. The van der Waals surface area contributed by atoms with Crippen LogP contribution in [0.25, 0.3) is 0 Å². The average Bonchev–Trinajstić information content (AvgIpc) is 3.14. The van der Waals surface area contributed by atoms with Gasteiger partial charge in [0.25, 0.3) is 0 Å². The molecule has 2 N–H and O–H groups in total. The second-order valence-electron chi connectivity index (χ2n) is 15.6. The topological polar surface area (TPSA) is 87.7 Å². The van der Waals surface area contributed by atoms with Crippen LogP contribution in [0.5, 0.6) is 0 Å². The monoisotopic (exact) mass is 766 g/mol. The third-order valence-corrected chi connectivity index (χ3v) is 11.1. The van der Waals surface area contributed by atoms with Gasteiger partial charge in [-0.2, -0.15) is 11.8 Å². The normalized spacial score (nSPS) is 12.7. The lowest BCUT2D eigenvalue weighted by atomic mass is 9.93. The molecular weight excluding hydrogens is 679 g/mol. The molecule has 2 amide bonds. The standard InChI is InChI=1S/C45H87N3O4S/c1-6-9-12-15-17-18-19-20-21-22-23-24-25-26-28-31-38-52-43(49)35-40-53-39-34-42(45(51)46-36-37-48(4)5)47-44(50)41(32-29-14-11-8-3)33-30-27-16-13-10-7-2/h20-21,41-42H,6-19,22-40H2,1-5H3,(H,46,51)(H,47,50)/b21-20+. The van der Waals surface area contributed by atoms with E-state index < -0.39 is 6.04 Å². The van der Waals surface area contributed by atoms with E-state index in [1.165, 1.54) is 122 Å². The Labute approximate surface area is 333 Å². The molecule has 2 atom stereocenters. The highest BCUT2D eigenvalue weighted by Crippen LogP contribution is 2.20. The van der Waals surface area contributed by atoms with Crippen LogP contribution in [0.2, 0.25) is 0 Å². The van der Waals surface area contributed by atoms with E-state index >= 15 is 0 Å². The number of esters is 1. The van der Waals surface area contributed by atoms with Gasteiger partial charge >= 0.3 is 5.97 Å². The summed E-state index contributed by atoms with van der Waals surface area (Å²) < 4.78 is 5.49. The van der Waals surface area contributed by atoms with Crippen molar-refractivity contribution in [3.63, 3.8) is 0 Å². The Kier molecular flexibility index (Phi) is 39.0. The number of ether oxygens (including phenoxy) is 1. The number of hydrogen-bond acceptors (Lipinski definition) is 6. The average molecular weight is 766 g/mol. The van der Waals surface area contributed by atoms with Gasteiger partial charge in [-0.15, -0.1) is 0 Å². The molecule has 8 heteroatoms. The van der Waals surface area contributed by atoms with Gasteiger partial charge in [0.05, 0.1) is 13.0 Å². The van der Waals surface area contributed by atoms with Crippen molar-refractivity contribution in [3.8, 4) is 0 Å². The van der Waals surface area contributed by atoms with Crippen molar-refractivity contribution < 1.29 is 19.1 Å². The van der Waals surface area contributed by atoms with Crippen LogP contribution in [0.15, 0.2) is 12.2 Å². The minimum absolute atomic E-state index is 0.0302. The van der Waals surface area contributed by atoms with Gasteiger partial charge in [-0.3, -0.25) is 14.4 Å². The first kappa shape index (κ1) is 51.5. The number of nitrogens with zero attached hydrogens (tertiary/aromatic N) is 1. The van der Waals surface area contributed by atoms with Crippen molar-refractivity contribution in [2.75, 3.05) is 45.3 Å². The Morgan fingerprint density at radius 2 is 1.09 bits per heavy atom. The first-order chi connectivity index (χ1) is 25.8. The van der Waals surface area contributed by atoms with Crippen molar-refractivity contribution in [2.45, 2.75) is 207 Å². The zero-order valence-corrected chi connectivity index (χ0v) is 36.4. The summed E-state index contributed by atoms with van der Waals surface area (Å²) in [6, 6.07) is -0.557. The predicted octanol–water partition coefficient (Wildman–Crippen LogP) is 11.6. The Morgan fingerprint density at radius 3 is 1.64 bits per heavy atom. The van der Waals surface area contributed by atoms with Gasteiger partial charge in [0, 0.05) is 24.8 Å². The Balaban J connectivity index is 4.40. The van der Waals surface area contributed by atoms with Crippen LogP contribution >= 0.6 is 11.8 Å². The van der Waals surface area contributed by atoms with Crippen LogP contribution in [-0.2, 0) is 19.1 Å². The molecule has 7 nitrogen and oxygen atoms in total. The summed E-state index contributed by atoms with van der Waals surface area (Å²) in [6.07, 6.45) is 37.0. The molecule has 312 valence electrons. The minimum Gasteiger partial charge on any atom is -0.466 e. The molecule has 0 aliphatic carbocycles. The fraction of sp³-hybridized carbons (Fsp3) is 0.889. The van der Waals surface area contributed by atoms with Crippen molar-refractivity contribution in [3.05, 3.63) is 12.2 Å². The van der Waals surface area contributed by atoms with Gasteiger partial charge in [-0.1, -0.05) is 155 Å². The summed E-state index contributed by atoms with van der Waals surface area (Å²) in [5, 5.41) is 6.19. The largest absolute Gasteiger partial charge is 0.466 e. The molecule has 0 saturated carbocycles. The van der Waals surface area contributed by atoms with E-state index in [1.807, 2.05) is 19.0 Å². The summed E-state index contributed by atoms with van der Waals surface area (Å²) in [5.41, 5.74) is 0. The van der Waals surface area contributed by atoms with Crippen LogP contribution < -0.4 is 10.6 Å². The highest BCUT2D eigenvalue weighted by molar-refractivity contribution is 7.99. The number of amides is 2. The number of carbonyl (C=O) groups excluding carboxylic acids is 3. The summed E-state index contributed by atoms with van der Waals surface area (Å²) >= 11 is 1.65. The quantitative estimate of drug-likeness (QED) is 0.0367. The molecule has 53 heavy (non-hydrogen) atoms. The molecule has 0 aliphatic rings. The number of allylic oxidation sites excluding steroid dienone is 2. The fourth-order valence-corrected chi connectivity index (χ4v) is 7.46. The maximum Gasteiger partial charge on any atom is 0.306 e. The Bertz CT molecular complexity index is 869. The number of unbranched alkanes of at least 4 members (excludes halogenated alkanes) is 20. The van der Waals surface area contributed by atoms with E-state index in [4.69, 9.17) is 4.74 Å². The lowest BCUT2D eigenvalue weighted by Gasteiger charge is -2.23. The first-order valence-corrected chi connectivity index (χ1v) is 23.6. The maximum atomic E-state index is 13.6. The van der Waals surface area contributed by atoms with Crippen LogP contribution in [-0.4, -0.2) is 74.0 Å². The third-order valence-electron chi connectivity index (χ3n) is 10.1. The molecule has 0 saturated heterocycles.